The molecule has 2 aromatic carbocycles. The van der Waals surface area contributed by atoms with Gasteiger partial charge in [0.1, 0.15) is 0 Å². The fourth-order valence-corrected chi connectivity index (χ4v) is 2.09. The van der Waals surface area contributed by atoms with Crippen LogP contribution in [0.25, 0.3) is 0 Å². The highest BCUT2D eigenvalue weighted by Crippen LogP contribution is 2.16. The second-order valence-electron chi connectivity index (χ2n) is 5.04. The summed E-state index contributed by atoms with van der Waals surface area (Å²) < 4.78 is 0. The third-order valence-electron chi connectivity index (χ3n) is 3.30. The van der Waals surface area contributed by atoms with Gasteiger partial charge in [0.05, 0.1) is 5.71 Å². The number of nitrogens with one attached hydrogen (secondary N) is 2. The van der Waals surface area contributed by atoms with Gasteiger partial charge in [-0.3, -0.25) is 5.41 Å². The number of nitrogens with zero attached hydrogens (tertiary/aromatic N) is 1. The van der Waals surface area contributed by atoms with Gasteiger partial charge in [-0.2, -0.15) is 0 Å². The highest BCUT2D eigenvalue weighted by Gasteiger charge is 2.05. The molecule has 2 aromatic rings. The molecule has 0 atom stereocenters. The van der Waals surface area contributed by atoms with Crippen molar-refractivity contribution in [2.24, 2.45) is 0 Å². The first-order valence-electron chi connectivity index (χ1n) is 6.72. The summed E-state index contributed by atoms with van der Waals surface area (Å²) in [5.74, 6) is 0. The molecule has 0 fully saturated rings. The average Bonchev–Trinajstić information content (AvgIpc) is 2.48. The maximum Gasteiger partial charge on any atom is 0.0684 e. The Kier molecular flexibility index (Phi) is 6.40. The third kappa shape index (κ3) is 4.31. The van der Waals surface area contributed by atoms with E-state index in [4.69, 9.17) is 5.41 Å². The third-order valence-corrected chi connectivity index (χ3v) is 3.30. The summed E-state index contributed by atoms with van der Waals surface area (Å²) in [5, 5.41) is 11.4. The highest BCUT2D eigenvalue weighted by molar-refractivity contribution is 6.10. The van der Waals surface area contributed by atoms with Crippen LogP contribution >= 0.6 is 12.4 Å². The van der Waals surface area contributed by atoms with Crippen molar-refractivity contribution >= 4 is 23.8 Å². The minimum Gasteiger partial charge on any atom is -0.378 e. The summed E-state index contributed by atoms with van der Waals surface area (Å²) in [7, 11) is 5.96. The quantitative estimate of drug-likeness (QED) is 0.832. The van der Waals surface area contributed by atoms with Crippen LogP contribution in [0.15, 0.2) is 48.5 Å². The van der Waals surface area contributed by atoms with E-state index in [0.717, 1.165) is 23.4 Å². The Morgan fingerprint density at radius 3 is 1.86 bits per heavy atom. The zero-order valence-corrected chi connectivity index (χ0v) is 13.5. The van der Waals surface area contributed by atoms with E-state index >= 15 is 0 Å². The Bertz CT molecular complexity index is 574. The zero-order chi connectivity index (χ0) is 14.5. The Morgan fingerprint density at radius 1 is 0.952 bits per heavy atom. The monoisotopic (exact) mass is 303 g/mol. The molecule has 0 aromatic heterocycles. The summed E-state index contributed by atoms with van der Waals surface area (Å²) >= 11 is 0. The van der Waals surface area contributed by atoms with E-state index in [-0.39, 0.29) is 12.4 Å². The van der Waals surface area contributed by atoms with Gasteiger partial charge in [-0.15, -0.1) is 12.4 Å². The lowest BCUT2D eigenvalue weighted by Gasteiger charge is -2.13. The molecule has 0 aliphatic rings. The number of hydrogen-bond donors (Lipinski definition) is 2. The Morgan fingerprint density at radius 2 is 1.43 bits per heavy atom. The van der Waals surface area contributed by atoms with Crippen molar-refractivity contribution in [3.63, 3.8) is 0 Å². The molecule has 21 heavy (non-hydrogen) atoms. The molecule has 0 radical (unpaired) electrons. The first-order valence-corrected chi connectivity index (χ1v) is 6.72. The van der Waals surface area contributed by atoms with Crippen molar-refractivity contribution in [1.82, 2.24) is 5.32 Å². The van der Waals surface area contributed by atoms with Crippen LogP contribution in [0, 0.1) is 5.41 Å². The van der Waals surface area contributed by atoms with Crippen molar-refractivity contribution in [3.8, 4) is 0 Å². The fraction of sp³-hybridized carbons (Fsp3) is 0.235. The second-order valence-corrected chi connectivity index (χ2v) is 5.04. The van der Waals surface area contributed by atoms with E-state index in [0.29, 0.717) is 5.71 Å². The minimum atomic E-state index is 0. The van der Waals surface area contributed by atoms with Gasteiger partial charge >= 0.3 is 0 Å². The lowest BCUT2D eigenvalue weighted by Crippen LogP contribution is -2.09. The van der Waals surface area contributed by atoms with E-state index in [1.807, 2.05) is 57.5 Å². The normalized spacial score (nSPS) is 9.86. The van der Waals surface area contributed by atoms with Crippen molar-refractivity contribution in [2.45, 2.75) is 6.54 Å². The van der Waals surface area contributed by atoms with Crippen LogP contribution in [-0.4, -0.2) is 26.9 Å². The molecule has 0 spiro atoms. The number of rotatable bonds is 5. The van der Waals surface area contributed by atoms with Crippen molar-refractivity contribution < 1.29 is 0 Å². The molecule has 0 saturated heterocycles. The van der Waals surface area contributed by atoms with Gasteiger partial charge in [-0.1, -0.05) is 36.4 Å². The van der Waals surface area contributed by atoms with Gasteiger partial charge in [0, 0.05) is 37.5 Å². The van der Waals surface area contributed by atoms with E-state index in [9.17, 15) is 0 Å². The summed E-state index contributed by atoms with van der Waals surface area (Å²) in [6.07, 6.45) is 0. The Labute approximate surface area is 132 Å². The summed E-state index contributed by atoms with van der Waals surface area (Å²) in [6.45, 7) is 0.852. The molecule has 0 bridgehead atoms. The molecule has 112 valence electrons. The van der Waals surface area contributed by atoms with Gasteiger partial charge in [0.25, 0.3) is 0 Å². The van der Waals surface area contributed by atoms with Crippen molar-refractivity contribution in [1.29, 1.82) is 5.41 Å². The molecule has 0 heterocycles. The topological polar surface area (TPSA) is 39.1 Å². The minimum absolute atomic E-state index is 0. The maximum absolute atomic E-state index is 8.29. The van der Waals surface area contributed by atoms with Gasteiger partial charge < -0.3 is 10.2 Å². The van der Waals surface area contributed by atoms with E-state index < -0.39 is 0 Å². The SMILES string of the molecule is CNCc1ccc(C(=N)c2ccc(N(C)C)cc2)cc1.Cl. The van der Waals surface area contributed by atoms with Gasteiger partial charge in [0.15, 0.2) is 0 Å². The van der Waals surface area contributed by atoms with Crippen LogP contribution in [0.5, 0.6) is 0 Å². The number of benzene rings is 2. The smallest absolute Gasteiger partial charge is 0.0684 e. The van der Waals surface area contributed by atoms with Crippen LogP contribution in [-0.2, 0) is 6.54 Å². The predicted molar refractivity (Wildman–Crippen MR) is 93.2 cm³/mol. The van der Waals surface area contributed by atoms with Crippen LogP contribution in [0.2, 0.25) is 0 Å². The van der Waals surface area contributed by atoms with Crippen LogP contribution < -0.4 is 10.2 Å². The molecule has 0 unspecified atom stereocenters. The second kappa shape index (κ2) is 7.81. The molecule has 2 N–H and O–H groups in total. The maximum atomic E-state index is 8.29. The Hall–Kier alpha value is -1.84. The summed E-state index contributed by atoms with van der Waals surface area (Å²) in [4.78, 5) is 2.06. The molecule has 0 aliphatic carbocycles. The van der Waals surface area contributed by atoms with Crippen LogP contribution in [0.1, 0.15) is 16.7 Å². The average molecular weight is 304 g/mol. The number of halogens is 1. The molecule has 2 rings (SSSR count). The van der Waals surface area contributed by atoms with E-state index in [2.05, 4.69) is 22.3 Å². The number of hydrogen-bond acceptors (Lipinski definition) is 3. The van der Waals surface area contributed by atoms with Crippen molar-refractivity contribution in [2.75, 3.05) is 26.0 Å². The molecule has 0 saturated carbocycles. The lowest BCUT2D eigenvalue weighted by molar-refractivity contribution is 0.818. The van der Waals surface area contributed by atoms with E-state index in [1.165, 1.54) is 5.56 Å². The van der Waals surface area contributed by atoms with Gasteiger partial charge in [-0.25, -0.2) is 0 Å². The summed E-state index contributed by atoms with van der Waals surface area (Å²) in [6, 6.07) is 16.2. The van der Waals surface area contributed by atoms with Gasteiger partial charge in [-0.05, 0) is 24.7 Å². The number of anilines is 1. The Balaban J connectivity index is 0.00000220. The van der Waals surface area contributed by atoms with Crippen LogP contribution in [0.4, 0.5) is 5.69 Å². The van der Waals surface area contributed by atoms with Gasteiger partial charge in [0.2, 0.25) is 0 Å². The lowest BCUT2D eigenvalue weighted by atomic mass is 10.0. The predicted octanol–water partition coefficient (Wildman–Crippen LogP) is 3.31. The molecular formula is C17H22ClN3. The molecule has 0 aliphatic heterocycles. The largest absolute Gasteiger partial charge is 0.378 e. The first kappa shape index (κ1) is 17.2. The standard InChI is InChI=1S/C17H21N3.ClH/c1-19-12-13-4-6-14(7-5-13)17(18)15-8-10-16(11-9-15)20(2)3;/h4-11,18-19H,12H2,1-3H3;1H. The molecular weight excluding hydrogens is 282 g/mol. The fourth-order valence-electron chi connectivity index (χ4n) is 2.09. The molecule has 4 heteroatoms. The first-order chi connectivity index (χ1) is 9.61. The highest BCUT2D eigenvalue weighted by atomic mass is 35.5. The molecule has 0 amide bonds. The van der Waals surface area contributed by atoms with Crippen molar-refractivity contribution in [3.05, 3.63) is 65.2 Å². The summed E-state index contributed by atoms with van der Waals surface area (Å²) in [5.41, 5.74) is 4.82. The van der Waals surface area contributed by atoms with E-state index in [1.54, 1.807) is 0 Å². The molecule has 3 nitrogen and oxygen atoms in total. The zero-order valence-electron chi connectivity index (χ0n) is 12.7. The van der Waals surface area contributed by atoms with Crippen LogP contribution in [0.3, 0.4) is 0 Å².